The normalized spacial score (nSPS) is 16.7. The summed E-state index contributed by atoms with van der Waals surface area (Å²) in [6, 6.07) is 2.26. The van der Waals surface area contributed by atoms with Gasteiger partial charge in [-0.25, -0.2) is 4.31 Å². The largest absolute Gasteiger partial charge is 0.504 e. The Morgan fingerprint density at radius 1 is 1.17 bits per heavy atom. The summed E-state index contributed by atoms with van der Waals surface area (Å²) < 4.78 is 7.02. The van der Waals surface area contributed by atoms with Crippen LogP contribution in [0, 0.1) is 0 Å². The number of ether oxygens (including phenoxy) is 1. The molecule has 3 N–H and O–H groups in total. The molecular formula is C11H13NO5S. The van der Waals surface area contributed by atoms with E-state index < -0.39 is 17.2 Å². The molecule has 0 spiro atoms. The van der Waals surface area contributed by atoms with Crippen LogP contribution < -0.4 is 0 Å². The summed E-state index contributed by atoms with van der Waals surface area (Å²) in [4.78, 5) is 11.9. The molecule has 1 aromatic carbocycles. The zero-order chi connectivity index (χ0) is 13.1. The van der Waals surface area contributed by atoms with Gasteiger partial charge in [-0.3, -0.25) is 4.79 Å². The fraction of sp³-hybridized carbons (Fsp3) is 0.364. The highest BCUT2D eigenvalue weighted by molar-refractivity contribution is 8.12. The summed E-state index contributed by atoms with van der Waals surface area (Å²) in [5.74, 6) is -1.65. The van der Waals surface area contributed by atoms with Gasteiger partial charge in [-0.05, 0) is 12.1 Å². The minimum absolute atomic E-state index is 0.138. The molecule has 0 aromatic heterocycles. The first-order valence-corrected chi connectivity index (χ1v) is 6.15. The lowest BCUT2D eigenvalue weighted by molar-refractivity contribution is 0.0766. The quantitative estimate of drug-likeness (QED) is 0.544. The number of aromatic hydroxyl groups is 3. The van der Waals surface area contributed by atoms with E-state index >= 15 is 0 Å². The molecule has 6 nitrogen and oxygen atoms in total. The number of benzene rings is 1. The molecule has 18 heavy (non-hydrogen) atoms. The summed E-state index contributed by atoms with van der Waals surface area (Å²) in [5, 5.41) is 27.5. The van der Waals surface area contributed by atoms with E-state index in [-0.39, 0.29) is 10.7 Å². The Morgan fingerprint density at radius 3 is 2.28 bits per heavy atom. The molecule has 7 heteroatoms. The van der Waals surface area contributed by atoms with E-state index in [4.69, 9.17) is 4.74 Å². The SMILES string of the molecule is O=C(SN1CCOCC1)c1cc(O)c(O)c(O)c1. The van der Waals surface area contributed by atoms with E-state index in [0.29, 0.717) is 26.3 Å². The highest BCUT2D eigenvalue weighted by Gasteiger charge is 2.19. The first-order valence-electron chi connectivity index (χ1n) is 5.38. The van der Waals surface area contributed by atoms with E-state index in [9.17, 15) is 20.1 Å². The van der Waals surface area contributed by atoms with Crippen molar-refractivity contribution in [1.82, 2.24) is 4.31 Å². The molecule has 0 amide bonds. The zero-order valence-corrected chi connectivity index (χ0v) is 10.3. The first kappa shape index (κ1) is 13.0. The predicted molar refractivity (Wildman–Crippen MR) is 65.7 cm³/mol. The number of hydrogen-bond donors (Lipinski definition) is 3. The molecule has 1 aliphatic rings. The Kier molecular flexibility index (Phi) is 3.95. The molecule has 1 aromatic rings. The van der Waals surface area contributed by atoms with Gasteiger partial charge in [-0.15, -0.1) is 0 Å². The Balaban J connectivity index is 2.08. The van der Waals surface area contributed by atoms with Crippen LogP contribution in [-0.2, 0) is 4.74 Å². The number of rotatable bonds is 2. The number of nitrogens with zero attached hydrogens (tertiary/aromatic N) is 1. The number of hydrogen-bond acceptors (Lipinski definition) is 7. The van der Waals surface area contributed by atoms with Crippen molar-refractivity contribution < 1.29 is 24.9 Å². The van der Waals surface area contributed by atoms with Crippen molar-refractivity contribution in [2.45, 2.75) is 0 Å². The minimum atomic E-state index is -0.622. The Labute approximate surface area is 108 Å². The average Bonchev–Trinajstić information content (AvgIpc) is 2.36. The average molecular weight is 271 g/mol. The van der Waals surface area contributed by atoms with Gasteiger partial charge in [-0.2, -0.15) is 0 Å². The zero-order valence-electron chi connectivity index (χ0n) is 9.50. The van der Waals surface area contributed by atoms with Crippen molar-refractivity contribution in [2.24, 2.45) is 0 Å². The molecule has 0 aliphatic carbocycles. The van der Waals surface area contributed by atoms with Crippen molar-refractivity contribution in [3.63, 3.8) is 0 Å². The lowest BCUT2D eigenvalue weighted by Crippen LogP contribution is -2.32. The molecule has 0 atom stereocenters. The third-order valence-electron chi connectivity index (χ3n) is 2.49. The van der Waals surface area contributed by atoms with Gasteiger partial charge in [0, 0.05) is 30.6 Å². The second-order valence-electron chi connectivity index (χ2n) is 3.78. The van der Waals surface area contributed by atoms with Crippen LogP contribution in [0.25, 0.3) is 0 Å². The smallest absolute Gasteiger partial charge is 0.234 e. The summed E-state index contributed by atoms with van der Waals surface area (Å²) in [6.45, 7) is 2.44. The summed E-state index contributed by atoms with van der Waals surface area (Å²) >= 11 is 1.01. The molecule has 0 saturated carbocycles. The maximum atomic E-state index is 11.9. The fourth-order valence-electron chi connectivity index (χ4n) is 1.53. The Hall–Kier alpha value is -1.44. The lowest BCUT2D eigenvalue weighted by Gasteiger charge is -2.24. The van der Waals surface area contributed by atoms with Crippen molar-refractivity contribution in [2.75, 3.05) is 26.3 Å². The molecule has 0 bridgehead atoms. The van der Waals surface area contributed by atoms with Crippen LogP contribution in [-0.4, -0.2) is 51.0 Å². The standard InChI is InChI=1S/C11H13NO5S/c13-8-5-7(6-9(14)10(8)15)11(16)18-12-1-3-17-4-2-12/h5-6,13-15H,1-4H2. The van der Waals surface area contributed by atoms with Gasteiger partial charge in [0.2, 0.25) is 5.12 Å². The van der Waals surface area contributed by atoms with Gasteiger partial charge in [0.1, 0.15) is 0 Å². The summed E-state index contributed by atoms with van der Waals surface area (Å²) in [5.41, 5.74) is 0.138. The van der Waals surface area contributed by atoms with Gasteiger partial charge in [-0.1, -0.05) is 0 Å². The molecule has 0 radical (unpaired) electrons. The highest BCUT2D eigenvalue weighted by Crippen LogP contribution is 2.36. The van der Waals surface area contributed by atoms with Gasteiger partial charge < -0.3 is 20.1 Å². The topological polar surface area (TPSA) is 90.2 Å². The predicted octanol–water partition coefficient (Wildman–Crippen LogP) is 0.924. The van der Waals surface area contributed by atoms with E-state index in [1.54, 1.807) is 0 Å². The maximum absolute atomic E-state index is 11.9. The number of phenolic OH excluding ortho intramolecular Hbond substituents is 3. The van der Waals surface area contributed by atoms with Crippen molar-refractivity contribution in [1.29, 1.82) is 0 Å². The highest BCUT2D eigenvalue weighted by atomic mass is 32.2. The molecule has 1 fully saturated rings. The van der Waals surface area contributed by atoms with Crippen molar-refractivity contribution >= 4 is 17.1 Å². The van der Waals surface area contributed by atoms with Gasteiger partial charge >= 0.3 is 0 Å². The maximum Gasteiger partial charge on any atom is 0.234 e. The van der Waals surface area contributed by atoms with Crippen LogP contribution >= 0.6 is 11.9 Å². The monoisotopic (exact) mass is 271 g/mol. The molecule has 1 heterocycles. The number of carbonyl (C=O) groups is 1. The molecular weight excluding hydrogens is 258 g/mol. The minimum Gasteiger partial charge on any atom is -0.504 e. The van der Waals surface area contributed by atoms with E-state index in [0.717, 1.165) is 24.1 Å². The van der Waals surface area contributed by atoms with Crippen molar-refractivity contribution in [3.8, 4) is 17.2 Å². The first-order chi connectivity index (χ1) is 8.58. The molecule has 1 saturated heterocycles. The van der Waals surface area contributed by atoms with Crippen LogP contribution in [0.4, 0.5) is 0 Å². The fourth-order valence-corrected chi connectivity index (χ4v) is 2.32. The second-order valence-corrected chi connectivity index (χ2v) is 4.85. The number of morpholine rings is 1. The van der Waals surface area contributed by atoms with Crippen LogP contribution in [0.2, 0.25) is 0 Å². The molecule has 0 unspecified atom stereocenters. The van der Waals surface area contributed by atoms with Gasteiger partial charge in [0.25, 0.3) is 0 Å². The third-order valence-corrected chi connectivity index (χ3v) is 3.51. The van der Waals surface area contributed by atoms with E-state index in [2.05, 4.69) is 0 Å². The summed E-state index contributed by atoms with van der Waals surface area (Å²) in [6.07, 6.45) is 0. The van der Waals surface area contributed by atoms with E-state index in [1.165, 1.54) is 0 Å². The van der Waals surface area contributed by atoms with Crippen LogP contribution in [0.15, 0.2) is 12.1 Å². The van der Waals surface area contributed by atoms with E-state index in [1.807, 2.05) is 4.31 Å². The van der Waals surface area contributed by atoms with Crippen LogP contribution in [0.1, 0.15) is 10.4 Å². The number of phenols is 3. The molecule has 1 aliphatic heterocycles. The Morgan fingerprint density at radius 2 is 1.72 bits per heavy atom. The molecule has 2 rings (SSSR count). The van der Waals surface area contributed by atoms with Gasteiger partial charge in [0.15, 0.2) is 17.2 Å². The van der Waals surface area contributed by atoms with Crippen LogP contribution in [0.3, 0.4) is 0 Å². The molecule has 98 valence electrons. The summed E-state index contributed by atoms with van der Waals surface area (Å²) in [7, 11) is 0. The van der Waals surface area contributed by atoms with Crippen LogP contribution in [0.5, 0.6) is 17.2 Å². The Bertz CT molecular complexity index is 436. The second kappa shape index (κ2) is 5.47. The third kappa shape index (κ3) is 2.87. The number of carbonyl (C=O) groups excluding carboxylic acids is 1. The van der Waals surface area contributed by atoms with Crippen molar-refractivity contribution in [3.05, 3.63) is 17.7 Å². The lowest BCUT2D eigenvalue weighted by atomic mass is 10.2. The van der Waals surface area contributed by atoms with Gasteiger partial charge in [0.05, 0.1) is 13.2 Å².